The Balaban J connectivity index is 1.59. The van der Waals surface area contributed by atoms with Crippen LogP contribution in [0.3, 0.4) is 0 Å². The van der Waals surface area contributed by atoms with E-state index >= 15 is 0 Å². The van der Waals surface area contributed by atoms with Gasteiger partial charge in [-0.15, -0.1) is 0 Å². The van der Waals surface area contributed by atoms with Crippen LogP contribution in [-0.4, -0.2) is 38.1 Å². The first kappa shape index (κ1) is 17.3. The molecule has 1 N–H and O–H groups in total. The second-order valence-corrected chi connectivity index (χ2v) is 6.26. The summed E-state index contributed by atoms with van der Waals surface area (Å²) in [6.07, 6.45) is 0.872. The summed E-state index contributed by atoms with van der Waals surface area (Å²) in [4.78, 5) is 14.9. The van der Waals surface area contributed by atoms with Crippen LogP contribution in [0.15, 0.2) is 48.5 Å². The average Bonchev–Trinajstić information content (AvgIpc) is 3.11. The number of methoxy groups -OCH3 is 2. The number of amides is 1. The van der Waals surface area contributed by atoms with Gasteiger partial charge >= 0.3 is 0 Å². The first-order chi connectivity index (χ1) is 12.2. The topological polar surface area (TPSA) is 50.8 Å². The third kappa shape index (κ3) is 4.31. The molecule has 25 heavy (non-hydrogen) atoms. The molecule has 2 aromatic rings. The number of likely N-dealkylation sites (tertiary alicyclic amines) is 1. The zero-order chi connectivity index (χ0) is 17.6. The maximum Gasteiger partial charge on any atom is 0.228 e. The third-order valence-electron chi connectivity index (χ3n) is 4.56. The molecular formula is C20H24N2O3. The predicted octanol–water partition coefficient (Wildman–Crippen LogP) is 3.16. The summed E-state index contributed by atoms with van der Waals surface area (Å²) in [7, 11) is 3.19. The summed E-state index contributed by atoms with van der Waals surface area (Å²) in [6.45, 7) is 2.60. The second kappa shape index (κ2) is 8.03. The highest BCUT2D eigenvalue weighted by Gasteiger charge is 2.28. The molecule has 1 aliphatic heterocycles. The molecule has 0 bridgehead atoms. The number of ether oxygens (including phenoxy) is 2. The Morgan fingerprint density at radius 3 is 2.68 bits per heavy atom. The maximum atomic E-state index is 12.6. The number of carbonyl (C=O) groups excluding carboxylic acids is 1. The van der Waals surface area contributed by atoms with E-state index in [1.807, 2.05) is 30.3 Å². The third-order valence-corrected chi connectivity index (χ3v) is 4.56. The average molecular weight is 340 g/mol. The van der Waals surface area contributed by atoms with E-state index in [9.17, 15) is 4.79 Å². The molecule has 1 amide bonds. The van der Waals surface area contributed by atoms with Gasteiger partial charge in [-0.25, -0.2) is 0 Å². The number of anilines is 1. The van der Waals surface area contributed by atoms with Crippen LogP contribution in [0.5, 0.6) is 11.5 Å². The lowest BCUT2D eigenvalue weighted by Gasteiger charge is -2.17. The molecule has 0 radical (unpaired) electrons. The molecule has 5 nitrogen and oxygen atoms in total. The fraction of sp³-hybridized carbons (Fsp3) is 0.350. The zero-order valence-corrected chi connectivity index (χ0v) is 14.7. The lowest BCUT2D eigenvalue weighted by molar-refractivity contribution is -0.119. The Morgan fingerprint density at radius 1 is 1.16 bits per heavy atom. The van der Waals surface area contributed by atoms with Gasteiger partial charge in [-0.3, -0.25) is 9.69 Å². The Hall–Kier alpha value is -2.53. The van der Waals surface area contributed by atoms with Crippen LogP contribution < -0.4 is 14.8 Å². The SMILES string of the molecule is COc1ccc(NC(=O)C2CCN(Cc3ccccc3)C2)c(OC)c1. The molecule has 1 saturated heterocycles. The molecule has 2 aromatic carbocycles. The van der Waals surface area contributed by atoms with E-state index in [-0.39, 0.29) is 11.8 Å². The summed E-state index contributed by atoms with van der Waals surface area (Å²) >= 11 is 0. The van der Waals surface area contributed by atoms with Crippen LogP contribution in [0.25, 0.3) is 0 Å². The predicted molar refractivity (Wildman–Crippen MR) is 98.0 cm³/mol. The van der Waals surface area contributed by atoms with Gasteiger partial charge in [-0.1, -0.05) is 30.3 Å². The van der Waals surface area contributed by atoms with Gasteiger partial charge in [-0.05, 0) is 30.7 Å². The molecule has 1 unspecified atom stereocenters. The molecule has 0 aromatic heterocycles. The van der Waals surface area contributed by atoms with Crippen molar-refractivity contribution in [1.29, 1.82) is 0 Å². The fourth-order valence-electron chi connectivity index (χ4n) is 3.17. The van der Waals surface area contributed by atoms with Crippen molar-refractivity contribution in [2.45, 2.75) is 13.0 Å². The standard InChI is InChI=1S/C20H24N2O3/c1-24-17-8-9-18(19(12-17)25-2)21-20(23)16-10-11-22(14-16)13-15-6-4-3-5-7-15/h3-9,12,16H,10-11,13-14H2,1-2H3,(H,21,23). The summed E-state index contributed by atoms with van der Waals surface area (Å²) in [6, 6.07) is 15.8. The lowest BCUT2D eigenvalue weighted by atomic mass is 10.1. The van der Waals surface area contributed by atoms with Crippen molar-refractivity contribution < 1.29 is 14.3 Å². The molecule has 1 atom stereocenters. The largest absolute Gasteiger partial charge is 0.497 e. The van der Waals surface area contributed by atoms with E-state index in [4.69, 9.17) is 9.47 Å². The Bertz CT molecular complexity index is 718. The number of nitrogens with zero attached hydrogens (tertiary/aromatic N) is 1. The highest BCUT2D eigenvalue weighted by molar-refractivity contribution is 5.94. The van der Waals surface area contributed by atoms with Crippen molar-refractivity contribution in [1.82, 2.24) is 4.90 Å². The molecule has 0 saturated carbocycles. The number of benzene rings is 2. The van der Waals surface area contributed by atoms with Crippen molar-refractivity contribution in [3.63, 3.8) is 0 Å². The molecule has 1 fully saturated rings. The van der Waals surface area contributed by atoms with Crippen LogP contribution >= 0.6 is 0 Å². The van der Waals surface area contributed by atoms with Gasteiger partial charge in [0.25, 0.3) is 0 Å². The van der Waals surface area contributed by atoms with Gasteiger partial charge in [0.15, 0.2) is 0 Å². The molecule has 132 valence electrons. The molecule has 0 spiro atoms. The van der Waals surface area contributed by atoms with E-state index in [0.717, 1.165) is 26.1 Å². The summed E-state index contributed by atoms with van der Waals surface area (Å²) in [5, 5.41) is 2.99. The highest BCUT2D eigenvalue weighted by Crippen LogP contribution is 2.30. The highest BCUT2D eigenvalue weighted by atomic mass is 16.5. The van der Waals surface area contributed by atoms with Gasteiger partial charge < -0.3 is 14.8 Å². The number of hydrogen-bond acceptors (Lipinski definition) is 4. The van der Waals surface area contributed by atoms with E-state index in [1.165, 1.54) is 5.56 Å². The van der Waals surface area contributed by atoms with Crippen LogP contribution in [0.4, 0.5) is 5.69 Å². The molecular weight excluding hydrogens is 316 g/mol. The first-order valence-electron chi connectivity index (χ1n) is 8.48. The van der Waals surface area contributed by atoms with Crippen molar-refractivity contribution in [2.24, 2.45) is 5.92 Å². The van der Waals surface area contributed by atoms with E-state index in [0.29, 0.717) is 17.2 Å². The normalized spacial score (nSPS) is 17.3. The van der Waals surface area contributed by atoms with Gasteiger partial charge in [0.1, 0.15) is 11.5 Å². The number of rotatable bonds is 6. The molecule has 1 aliphatic rings. The van der Waals surface area contributed by atoms with E-state index in [2.05, 4.69) is 22.3 Å². The minimum Gasteiger partial charge on any atom is -0.497 e. The van der Waals surface area contributed by atoms with Gasteiger partial charge in [0, 0.05) is 19.2 Å². The molecule has 1 heterocycles. The summed E-state index contributed by atoms with van der Waals surface area (Å²) < 4.78 is 10.5. The van der Waals surface area contributed by atoms with Crippen molar-refractivity contribution in [3.05, 3.63) is 54.1 Å². The minimum absolute atomic E-state index is 0.00415. The number of hydrogen-bond donors (Lipinski definition) is 1. The zero-order valence-electron chi connectivity index (χ0n) is 14.7. The lowest BCUT2D eigenvalue weighted by Crippen LogP contribution is -2.27. The van der Waals surface area contributed by atoms with E-state index < -0.39 is 0 Å². The smallest absolute Gasteiger partial charge is 0.228 e. The van der Waals surface area contributed by atoms with Gasteiger partial charge in [-0.2, -0.15) is 0 Å². The van der Waals surface area contributed by atoms with E-state index in [1.54, 1.807) is 20.3 Å². The Labute approximate surface area is 148 Å². The first-order valence-corrected chi connectivity index (χ1v) is 8.48. The van der Waals surface area contributed by atoms with Crippen molar-refractivity contribution in [3.8, 4) is 11.5 Å². The Morgan fingerprint density at radius 2 is 1.96 bits per heavy atom. The van der Waals surface area contributed by atoms with Crippen molar-refractivity contribution in [2.75, 3.05) is 32.6 Å². The molecule has 5 heteroatoms. The number of nitrogens with one attached hydrogen (secondary N) is 1. The molecule has 0 aliphatic carbocycles. The van der Waals surface area contributed by atoms with Crippen LogP contribution in [-0.2, 0) is 11.3 Å². The van der Waals surface area contributed by atoms with Crippen LogP contribution in [0.2, 0.25) is 0 Å². The van der Waals surface area contributed by atoms with Gasteiger partial charge in [0.2, 0.25) is 5.91 Å². The monoisotopic (exact) mass is 340 g/mol. The summed E-state index contributed by atoms with van der Waals surface area (Å²) in [5.74, 6) is 1.34. The maximum absolute atomic E-state index is 12.6. The van der Waals surface area contributed by atoms with Crippen molar-refractivity contribution >= 4 is 11.6 Å². The van der Waals surface area contributed by atoms with Crippen LogP contribution in [0.1, 0.15) is 12.0 Å². The summed E-state index contributed by atoms with van der Waals surface area (Å²) in [5.41, 5.74) is 1.95. The van der Waals surface area contributed by atoms with Crippen LogP contribution in [0, 0.1) is 5.92 Å². The Kier molecular flexibility index (Phi) is 5.56. The minimum atomic E-state index is -0.00415. The van der Waals surface area contributed by atoms with Gasteiger partial charge in [0.05, 0.1) is 25.8 Å². The second-order valence-electron chi connectivity index (χ2n) is 6.26. The fourth-order valence-corrected chi connectivity index (χ4v) is 3.17. The molecule has 3 rings (SSSR count). The number of carbonyl (C=O) groups is 1. The quantitative estimate of drug-likeness (QED) is 0.878.